The molecule has 6 aromatic rings. The van der Waals surface area contributed by atoms with Gasteiger partial charge >= 0.3 is 0 Å². The summed E-state index contributed by atoms with van der Waals surface area (Å²) in [7, 11) is 6.50. The van der Waals surface area contributed by atoms with E-state index in [0.29, 0.717) is 57.4 Å². The van der Waals surface area contributed by atoms with Crippen molar-refractivity contribution in [2.75, 3.05) is 78.9 Å². The molecule has 9 heterocycles. The monoisotopic (exact) mass is 1350 g/mol. The van der Waals surface area contributed by atoms with E-state index in [-0.39, 0.29) is 53.2 Å². The number of carbonyl (C=O) groups excluding carboxylic acids is 6. The fraction of sp³-hybridized carbons (Fsp3) is 0.630. The molecule has 0 radical (unpaired) electrons. The Kier molecular flexibility index (Phi) is 19.1. The van der Waals surface area contributed by atoms with Crippen molar-refractivity contribution < 1.29 is 43.0 Å². The standard InChI is InChI=1S/3C27H35N3O3/c3*1-29-24-6-2-18(17-9-12-33-13-10-17)14-22(24)23-15-19(3-7-25(23)29)27(32)30-11-8-20(16-30)26(31)28-21-4-5-21/h3*3,7,15,17-18,20-21H,2,4-6,8-14,16H2,1H3,(H,28,31)/t3*18?,20-/m000/s1. The van der Waals surface area contributed by atoms with Crippen LogP contribution in [0.4, 0.5) is 0 Å². The van der Waals surface area contributed by atoms with E-state index in [9.17, 15) is 28.8 Å². The van der Waals surface area contributed by atoms with Gasteiger partial charge < -0.3 is 58.6 Å². The lowest BCUT2D eigenvalue weighted by Gasteiger charge is -2.33. The van der Waals surface area contributed by atoms with E-state index in [4.69, 9.17) is 14.2 Å². The Morgan fingerprint density at radius 2 is 0.616 bits per heavy atom. The number of ether oxygens (including phenoxy) is 3. The molecule has 18 rings (SSSR count). The van der Waals surface area contributed by atoms with Gasteiger partial charge in [0.1, 0.15) is 0 Å². The quantitative estimate of drug-likeness (QED) is 0.107. The molecule has 3 aromatic heterocycles. The average molecular weight is 1350 g/mol. The lowest BCUT2D eigenvalue weighted by molar-refractivity contribution is -0.125. The number of rotatable bonds is 12. The molecule has 3 saturated carbocycles. The molecule has 0 bridgehead atoms. The van der Waals surface area contributed by atoms with Gasteiger partial charge in [0.2, 0.25) is 17.7 Å². The minimum Gasteiger partial charge on any atom is -0.381 e. The summed E-state index contributed by atoms with van der Waals surface area (Å²) in [6.45, 7) is 9.01. The molecular formula is C81H105N9O9. The summed E-state index contributed by atoms with van der Waals surface area (Å²) in [5, 5.41) is 13.0. The van der Waals surface area contributed by atoms with Crippen LogP contribution in [-0.2, 0) is 88.3 Å². The molecule has 99 heavy (non-hydrogen) atoms. The van der Waals surface area contributed by atoms with Crippen molar-refractivity contribution in [3.05, 3.63) is 105 Å². The molecule has 6 aliphatic heterocycles. The van der Waals surface area contributed by atoms with Crippen molar-refractivity contribution in [2.24, 2.45) is 74.4 Å². The first-order chi connectivity index (χ1) is 48.2. The largest absolute Gasteiger partial charge is 0.381 e. The van der Waals surface area contributed by atoms with Crippen LogP contribution in [0.25, 0.3) is 32.7 Å². The van der Waals surface area contributed by atoms with Crippen LogP contribution in [0.15, 0.2) is 54.6 Å². The molecule has 528 valence electrons. The molecule has 9 fully saturated rings. The number of likely N-dealkylation sites (tertiary alicyclic amines) is 3. The zero-order valence-electron chi connectivity index (χ0n) is 58.9. The van der Waals surface area contributed by atoms with Crippen LogP contribution in [0.1, 0.15) is 180 Å². The number of aromatic nitrogens is 3. The molecule has 6 atom stereocenters. The number of hydrogen-bond acceptors (Lipinski definition) is 9. The third kappa shape index (κ3) is 14.0. The van der Waals surface area contributed by atoms with Crippen LogP contribution in [0.2, 0.25) is 0 Å². The molecule has 6 aliphatic carbocycles. The smallest absolute Gasteiger partial charge is 0.253 e. The maximum absolute atomic E-state index is 13.4. The number of hydrogen-bond donors (Lipinski definition) is 3. The van der Waals surface area contributed by atoms with Gasteiger partial charge in [-0.1, -0.05) is 0 Å². The van der Waals surface area contributed by atoms with Crippen molar-refractivity contribution in [3.63, 3.8) is 0 Å². The maximum atomic E-state index is 13.4. The Bertz CT molecular complexity index is 3650. The van der Waals surface area contributed by atoms with E-state index in [0.717, 1.165) is 188 Å². The Morgan fingerprint density at radius 1 is 0.343 bits per heavy atom. The molecular weight excluding hydrogens is 1240 g/mol. The van der Waals surface area contributed by atoms with Gasteiger partial charge in [0.25, 0.3) is 17.7 Å². The molecule has 0 spiro atoms. The van der Waals surface area contributed by atoms with Crippen LogP contribution < -0.4 is 16.0 Å². The van der Waals surface area contributed by atoms with Crippen molar-refractivity contribution in [3.8, 4) is 0 Å². The van der Waals surface area contributed by atoms with Gasteiger partial charge in [0, 0.05) is 185 Å². The SMILES string of the molecule is Cn1c2c(c3cc(C(=O)N4CC[C@H](C(=O)NC5CC5)C4)ccc31)CC(C1CCOCC1)CC2.Cn1c2c(c3cc(C(=O)N4CC[C@H](C(=O)NC5CC5)C4)ccc31)CC(C1CCOCC1)CC2.Cn1c2c(c3cc(C(=O)N4CC[C@H](C(=O)NC5CC5)C4)ccc31)CC(C1CCOCC1)CC2. The van der Waals surface area contributed by atoms with Crippen LogP contribution in [-0.4, -0.2) is 161 Å². The van der Waals surface area contributed by atoms with Gasteiger partial charge in [-0.3, -0.25) is 28.8 Å². The van der Waals surface area contributed by atoms with E-state index >= 15 is 0 Å². The Hall–Kier alpha value is -7.02. The minimum absolute atomic E-state index is 0.0630. The predicted octanol–water partition coefficient (Wildman–Crippen LogP) is 10.4. The molecule has 18 nitrogen and oxygen atoms in total. The molecule has 6 saturated heterocycles. The molecule has 6 amide bonds. The second kappa shape index (κ2) is 28.4. The number of benzene rings is 3. The number of fused-ring (bicyclic) bond motifs is 9. The first-order valence-corrected chi connectivity index (χ1v) is 38.6. The van der Waals surface area contributed by atoms with Crippen molar-refractivity contribution in [2.45, 2.75) is 172 Å². The molecule has 3 N–H and O–H groups in total. The third-order valence-electron chi connectivity index (χ3n) is 25.8. The van der Waals surface area contributed by atoms with E-state index in [1.165, 1.54) is 124 Å². The maximum Gasteiger partial charge on any atom is 0.253 e. The highest BCUT2D eigenvalue weighted by Gasteiger charge is 2.40. The van der Waals surface area contributed by atoms with Crippen molar-refractivity contribution >= 4 is 68.2 Å². The van der Waals surface area contributed by atoms with Crippen LogP contribution in [0.5, 0.6) is 0 Å². The van der Waals surface area contributed by atoms with Gasteiger partial charge in [-0.2, -0.15) is 0 Å². The fourth-order valence-electron chi connectivity index (χ4n) is 19.3. The highest BCUT2D eigenvalue weighted by atomic mass is 16.5. The zero-order chi connectivity index (χ0) is 67.6. The van der Waals surface area contributed by atoms with Gasteiger partial charge in [0.15, 0.2) is 0 Å². The van der Waals surface area contributed by atoms with E-state index in [2.05, 4.69) is 87.2 Å². The summed E-state index contributed by atoms with van der Waals surface area (Å²) >= 11 is 0. The van der Waals surface area contributed by atoms with E-state index in [1.54, 1.807) is 0 Å². The molecule has 3 unspecified atom stereocenters. The second-order valence-corrected chi connectivity index (χ2v) is 32.1. The summed E-state index contributed by atoms with van der Waals surface area (Å²) in [6, 6.07) is 19.8. The summed E-state index contributed by atoms with van der Waals surface area (Å²) < 4.78 is 23.8. The lowest BCUT2D eigenvalue weighted by atomic mass is 9.75. The number of nitrogens with zero attached hydrogens (tertiary/aromatic N) is 6. The normalized spacial score (nSPS) is 25.9. The zero-order valence-corrected chi connectivity index (χ0v) is 58.9. The first-order valence-electron chi connectivity index (χ1n) is 38.6. The lowest BCUT2D eigenvalue weighted by Crippen LogP contribution is -2.35. The van der Waals surface area contributed by atoms with Crippen molar-refractivity contribution in [1.29, 1.82) is 0 Å². The number of carbonyl (C=O) groups is 6. The Balaban J connectivity index is 0.000000116. The number of aryl methyl sites for hydroxylation is 3. The van der Waals surface area contributed by atoms with E-state index < -0.39 is 0 Å². The molecule has 3 aromatic carbocycles. The summed E-state index contributed by atoms with van der Waals surface area (Å²) in [4.78, 5) is 83.0. The molecule has 12 aliphatic rings. The number of amides is 6. The van der Waals surface area contributed by atoms with Crippen molar-refractivity contribution in [1.82, 2.24) is 44.4 Å². The predicted molar refractivity (Wildman–Crippen MR) is 381 cm³/mol. The van der Waals surface area contributed by atoms with Gasteiger partial charge in [-0.15, -0.1) is 0 Å². The second-order valence-electron chi connectivity index (χ2n) is 32.1. The summed E-state index contributed by atoms with van der Waals surface area (Å²) in [5.41, 5.74) is 14.6. The first kappa shape index (κ1) is 66.5. The Labute approximate surface area is 583 Å². The van der Waals surface area contributed by atoms with Crippen LogP contribution in [0.3, 0.4) is 0 Å². The van der Waals surface area contributed by atoms with E-state index in [1.807, 2.05) is 32.9 Å². The Morgan fingerprint density at radius 3 is 0.879 bits per heavy atom. The van der Waals surface area contributed by atoms with Crippen LogP contribution >= 0.6 is 0 Å². The molecule has 18 heteroatoms. The fourth-order valence-corrected chi connectivity index (χ4v) is 19.3. The minimum atomic E-state index is -0.0667. The summed E-state index contributed by atoms with van der Waals surface area (Å²) in [5.74, 6) is 4.80. The average Bonchev–Trinajstić information content (AvgIpc) is 1.61. The van der Waals surface area contributed by atoms with Gasteiger partial charge in [-0.25, -0.2) is 0 Å². The third-order valence-corrected chi connectivity index (χ3v) is 25.8. The topological polar surface area (TPSA) is 191 Å². The van der Waals surface area contributed by atoms with Gasteiger partial charge in [-0.05, 0) is 261 Å². The highest BCUT2D eigenvalue weighted by Crippen LogP contribution is 2.44. The summed E-state index contributed by atoms with van der Waals surface area (Å²) in [6.07, 6.45) is 26.4. The van der Waals surface area contributed by atoms with Crippen LogP contribution in [0, 0.1) is 53.3 Å². The highest BCUT2D eigenvalue weighted by molar-refractivity contribution is 6.02. The number of nitrogens with one attached hydrogen (secondary N) is 3. The van der Waals surface area contributed by atoms with Gasteiger partial charge in [0.05, 0.1) is 17.8 Å².